The molecule has 0 heterocycles. The van der Waals surface area contributed by atoms with Gasteiger partial charge >= 0.3 is 0 Å². The molecule has 0 aromatic heterocycles. The molecule has 2 unspecified atom stereocenters. The van der Waals surface area contributed by atoms with Crippen LogP contribution in [0.3, 0.4) is 0 Å². The molecular weight excluding hydrogens is 216 g/mol. The second-order valence-corrected chi connectivity index (χ2v) is 5.68. The summed E-state index contributed by atoms with van der Waals surface area (Å²) in [7, 11) is 0. The third kappa shape index (κ3) is 1.82. The minimum Gasteiger partial charge on any atom is -0.393 e. The molecule has 3 aliphatic rings. The number of aliphatic hydroxyl groups is 2. The molecule has 3 aliphatic carbocycles. The normalized spacial score (nSPS) is 36.9. The fourth-order valence-corrected chi connectivity index (χ4v) is 3.67. The standard InChI is InChI=1S/C13H18N2O2/c14-5-1-3-10(16)12-7-13(8-12,9-12)11(17)4-2-6-15/h10-11,16-17H,1-4,7-9H2. The number of hydrogen-bond acceptors (Lipinski definition) is 4. The zero-order valence-corrected chi connectivity index (χ0v) is 9.89. The lowest BCUT2D eigenvalue weighted by atomic mass is 9.31. The van der Waals surface area contributed by atoms with E-state index in [1.54, 1.807) is 0 Å². The van der Waals surface area contributed by atoms with Gasteiger partial charge in [0.25, 0.3) is 0 Å². The fourth-order valence-electron chi connectivity index (χ4n) is 3.67. The summed E-state index contributed by atoms with van der Waals surface area (Å²) < 4.78 is 0. The molecule has 0 spiro atoms. The van der Waals surface area contributed by atoms with Gasteiger partial charge in [-0.1, -0.05) is 0 Å². The van der Waals surface area contributed by atoms with Crippen molar-refractivity contribution in [2.75, 3.05) is 0 Å². The Morgan fingerprint density at radius 2 is 1.24 bits per heavy atom. The predicted molar refractivity (Wildman–Crippen MR) is 60.4 cm³/mol. The van der Waals surface area contributed by atoms with E-state index in [1.165, 1.54) is 0 Å². The molecule has 3 fully saturated rings. The van der Waals surface area contributed by atoms with Crippen molar-refractivity contribution >= 4 is 0 Å². The second kappa shape index (κ2) is 4.29. The predicted octanol–water partition coefficient (Wildman–Crippen LogP) is 1.49. The molecule has 0 saturated heterocycles. The Labute approximate surface area is 101 Å². The first-order chi connectivity index (χ1) is 8.08. The van der Waals surface area contributed by atoms with Crippen molar-refractivity contribution in [3.8, 4) is 12.1 Å². The van der Waals surface area contributed by atoms with Crippen LogP contribution in [0.5, 0.6) is 0 Å². The molecule has 2 N–H and O–H groups in total. The summed E-state index contributed by atoms with van der Waals surface area (Å²) in [5.41, 5.74) is -0.0467. The van der Waals surface area contributed by atoms with Crippen LogP contribution in [0.15, 0.2) is 0 Å². The molecule has 0 amide bonds. The Hall–Kier alpha value is -1.10. The van der Waals surface area contributed by atoms with Gasteiger partial charge in [0.2, 0.25) is 0 Å². The average Bonchev–Trinajstić information content (AvgIpc) is 2.19. The van der Waals surface area contributed by atoms with E-state index in [-0.39, 0.29) is 10.8 Å². The van der Waals surface area contributed by atoms with Gasteiger partial charge in [-0.3, -0.25) is 0 Å². The van der Waals surface area contributed by atoms with Crippen LogP contribution < -0.4 is 0 Å². The van der Waals surface area contributed by atoms with Crippen LogP contribution >= 0.6 is 0 Å². The highest BCUT2D eigenvalue weighted by molar-refractivity contribution is 5.22. The highest BCUT2D eigenvalue weighted by Gasteiger charge is 2.72. The summed E-state index contributed by atoms with van der Waals surface area (Å²) in [6.45, 7) is 0. The van der Waals surface area contributed by atoms with Crippen LogP contribution in [-0.4, -0.2) is 22.4 Å². The number of rotatable bonds is 6. The van der Waals surface area contributed by atoms with Crippen molar-refractivity contribution in [1.82, 2.24) is 0 Å². The topological polar surface area (TPSA) is 88.0 Å². The van der Waals surface area contributed by atoms with Crippen LogP contribution in [0.1, 0.15) is 44.9 Å². The van der Waals surface area contributed by atoms with Crippen molar-refractivity contribution in [3.63, 3.8) is 0 Å². The van der Waals surface area contributed by atoms with Gasteiger partial charge < -0.3 is 10.2 Å². The molecule has 3 saturated carbocycles. The summed E-state index contributed by atoms with van der Waals surface area (Å²) >= 11 is 0. The Morgan fingerprint density at radius 3 is 1.53 bits per heavy atom. The van der Waals surface area contributed by atoms with Crippen molar-refractivity contribution in [3.05, 3.63) is 0 Å². The van der Waals surface area contributed by atoms with Gasteiger partial charge in [-0.25, -0.2) is 0 Å². The molecule has 17 heavy (non-hydrogen) atoms. The number of aliphatic hydroxyl groups excluding tert-OH is 2. The van der Waals surface area contributed by atoms with Gasteiger partial charge in [0.1, 0.15) is 0 Å². The van der Waals surface area contributed by atoms with Gasteiger partial charge in [-0.05, 0) is 42.9 Å². The Bertz CT molecular complexity index is 326. The van der Waals surface area contributed by atoms with E-state index in [4.69, 9.17) is 10.5 Å². The van der Waals surface area contributed by atoms with E-state index in [0.29, 0.717) is 25.7 Å². The van der Waals surface area contributed by atoms with E-state index < -0.39 is 12.2 Å². The zero-order chi connectivity index (χ0) is 12.5. The third-order valence-electron chi connectivity index (χ3n) is 4.59. The molecule has 4 heteroatoms. The molecule has 92 valence electrons. The first-order valence-corrected chi connectivity index (χ1v) is 6.19. The van der Waals surface area contributed by atoms with Gasteiger partial charge in [0.15, 0.2) is 0 Å². The smallest absolute Gasteiger partial charge is 0.0622 e. The molecule has 2 bridgehead atoms. The van der Waals surface area contributed by atoms with Crippen molar-refractivity contribution in [2.45, 2.75) is 57.2 Å². The van der Waals surface area contributed by atoms with Gasteiger partial charge in [-0.15, -0.1) is 0 Å². The van der Waals surface area contributed by atoms with E-state index in [2.05, 4.69) is 12.1 Å². The van der Waals surface area contributed by atoms with Crippen molar-refractivity contribution in [1.29, 1.82) is 10.5 Å². The maximum atomic E-state index is 9.98. The Kier molecular flexibility index (Phi) is 3.12. The first kappa shape index (κ1) is 12.4. The lowest BCUT2D eigenvalue weighted by molar-refractivity contribution is -0.293. The van der Waals surface area contributed by atoms with Crippen LogP contribution in [0.2, 0.25) is 0 Å². The molecule has 2 atom stereocenters. The molecule has 0 aliphatic heterocycles. The van der Waals surface area contributed by atoms with Crippen LogP contribution in [-0.2, 0) is 0 Å². The van der Waals surface area contributed by atoms with Gasteiger partial charge in [0, 0.05) is 12.8 Å². The highest BCUT2D eigenvalue weighted by atomic mass is 16.3. The molecule has 4 nitrogen and oxygen atoms in total. The van der Waals surface area contributed by atoms with Crippen molar-refractivity contribution in [2.24, 2.45) is 10.8 Å². The summed E-state index contributed by atoms with van der Waals surface area (Å²) in [4.78, 5) is 0. The molecule has 0 aromatic rings. The van der Waals surface area contributed by atoms with Gasteiger partial charge in [-0.2, -0.15) is 10.5 Å². The molecule has 3 rings (SSSR count). The third-order valence-corrected chi connectivity index (χ3v) is 4.59. The Balaban J connectivity index is 1.80. The van der Waals surface area contributed by atoms with Crippen LogP contribution in [0.25, 0.3) is 0 Å². The Morgan fingerprint density at radius 1 is 0.882 bits per heavy atom. The summed E-state index contributed by atoms with van der Waals surface area (Å²) in [5.74, 6) is 0. The van der Waals surface area contributed by atoms with Crippen LogP contribution in [0.4, 0.5) is 0 Å². The molecule has 0 radical (unpaired) electrons. The van der Waals surface area contributed by atoms with Crippen molar-refractivity contribution < 1.29 is 10.2 Å². The maximum Gasteiger partial charge on any atom is 0.0622 e. The minimum absolute atomic E-state index is 0.0233. The van der Waals surface area contributed by atoms with E-state index in [9.17, 15) is 10.2 Å². The highest BCUT2D eigenvalue weighted by Crippen LogP contribution is 2.76. The average molecular weight is 234 g/mol. The lowest BCUT2D eigenvalue weighted by Crippen LogP contribution is -2.70. The largest absolute Gasteiger partial charge is 0.393 e. The van der Waals surface area contributed by atoms with Crippen LogP contribution in [0, 0.1) is 33.5 Å². The maximum absolute atomic E-state index is 9.98. The van der Waals surface area contributed by atoms with Gasteiger partial charge in [0.05, 0.1) is 24.3 Å². The molecular formula is C13H18N2O2. The second-order valence-electron chi connectivity index (χ2n) is 5.68. The monoisotopic (exact) mass is 234 g/mol. The summed E-state index contributed by atoms with van der Waals surface area (Å²) in [6, 6.07) is 4.10. The first-order valence-electron chi connectivity index (χ1n) is 6.19. The zero-order valence-electron chi connectivity index (χ0n) is 9.89. The summed E-state index contributed by atoms with van der Waals surface area (Å²) in [5, 5.41) is 36.9. The summed E-state index contributed by atoms with van der Waals surface area (Å²) in [6.07, 6.45) is 3.67. The SMILES string of the molecule is N#CCCC(O)C12CC(C(O)CCC#N)(C1)C2. The number of nitrogens with zero attached hydrogens (tertiary/aromatic N) is 2. The quantitative estimate of drug-likeness (QED) is 0.728. The van der Waals surface area contributed by atoms with E-state index in [0.717, 1.165) is 19.3 Å². The van der Waals surface area contributed by atoms with E-state index >= 15 is 0 Å². The minimum atomic E-state index is -0.396. The number of hydrogen-bond donors (Lipinski definition) is 2. The van der Waals surface area contributed by atoms with E-state index in [1.807, 2.05) is 0 Å². The lowest BCUT2D eigenvalue weighted by Gasteiger charge is -2.74. The fraction of sp³-hybridized carbons (Fsp3) is 0.846. The number of nitriles is 2. The molecule has 0 aromatic carbocycles.